The molecule has 0 radical (unpaired) electrons. The van der Waals surface area contributed by atoms with Gasteiger partial charge in [0, 0.05) is 6.54 Å². The number of carbonyl (C=O) groups is 2. The number of fused-ring (bicyclic) bond motifs is 1. The van der Waals surface area contributed by atoms with E-state index in [1.807, 2.05) is 0 Å². The zero-order valence-electron chi connectivity index (χ0n) is 11.0. The lowest BCUT2D eigenvalue weighted by Gasteiger charge is -2.35. The summed E-state index contributed by atoms with van der Waals surface area (Å²) in [7, 11) is 0. The Morgan fingerprint density at radius 1 is 1.06 bits per heavy atom. The van der Waals surface area contributed by atoms with Crippen LogP contribution >= 0.6 is 0 Å². The number of hydrogen-bond acceptors (Lipinski definition) is 3. The van der Waals surface area contributed by atoms with Crippen molar-refractivity contribution in [3.8, 4) is 0 Å². The molecule has 3 rings (SSSR count). The van der Waals surface area contributed by atoms with E-state index < -0.39 is 0 Å². The van der Waals surface area contributed by atoms with Crippen LogP contribution in [0.25, 0.3) is 0 Å². The molecule has 0 aromatic carbocycles. The summed E-state index contributed by atoms with van der Waals surface area (Å²) in [5.74, 6) is 0.663. The summed E-state index contributed by atoms with van der Waals surface area (Å²) in [5.41, 5.74) is 0. The second kappa shape index (κ2) is 4.65. The highest BCUT2D eigenvalue weighted by molar-refractivity contribution is 6.05. The highest BCUT2D eigenvalue weighted by atomic mass is 16.2. The van der Waals surface area contributed by atoms with E-state index >= 15 is 0 Å². The molecule has 0 spiro atoms. The number of piperidine rings is 1. The standard InChI is InChI=1S/C14H22N2O2/c1-9-6-7-15-8-12(9)16-13(17)10-4-2-3-5-11(10)14(16)18/h9-12,15H,2-8H2,1H3. The first kappa shape index (κ1) is 12.2. The van der Waals surface area contributed by atoms with Crippen LogP contribution in [0.15, 0.2) is 0 Å². The van der Waals surface area contributed by atoms with Crippen LogP contribution in [-0.4, -0.2) is 35.8 Å². The molecule has 4 unspecified atom stereocenters. The maximum atomic E-state index is 12.5. The fourth-order valence-electron chi connectivity index (χ4n) is 3.83. The van der Waals surface area contributed by atoms with E-state index in [1.54, 1.807) is 4.90 Å². The Labute approximate surface area is 108 Å². The molecule has 4 heteroatoms. The summed E-state index contributed by atoms with van der Waals surface area (Å²) in [6.45, 7) is 3.94. The van der Waals surface area contributed by atoms with Crippen LogP contribution in [0.4, 0.5) is 0 Å². The van der Waals surface area contributed by atoms with Crippen LogP contribution < -0.4 is 5.32 Å². The van der Waals surface area contributed by atoms with Gasteiger partial charge in [0.1, 0.15) is 0 Å². The molecule has 4 nitrogen and oxygen atoms in total. The molecule has 2 aliphatic heterocycles. The first-order valence-electron chi connectivity index (χ1n) is 7.28. The SMILES string of the molecule is CC1CCNCC1N1C(=O)C2CCCCC2C1=O. The average Bonchev–Trinajstić information content (AvgIpc) is 2.64. The molecule has 1 saturated carbocycles. The van der Waals surface area contributed by atoms with Gasteiger partial charge in [0.25, 0.3) is 0 Å². The van der Waals surface area contributed by atoms with Gasteiger partial charge < -0.3 is 5.32 Å². The van der Waals surface area contributed by atoms with Crippen LogP contribution in [0.3, 0.4) is 0 Å². The van der Waals surface area contributed by atoms with Crippen molar-refractivity contribution in [2.24, 2.45) is 17.8 Å². The molecule has 1 aliphatic carbocycles. The van der Waals surface area contributed by atoms with Crippen molar-refractivity contribution in [2.45, 2.75) is 45.1 Å². The quantitative estimate of drug-likeness (QED) is 0.710. The Morgan fingerprint density at radius 2 is 1.67 bits per heavy atom. The van der Waals surface area contributed by atoms with E-state index in [4.69, 9.17) is 0 Å². The monoisotopic (exact) mass is 250 g/mol. The summed E-state index contributed by atoms with van der Waals surface area (Å²) in [6.07, 6.45) is 5.09. The Bertz CT molecular complexity index is 345. The summed E-state index contributed by atoms with van der Waals surface area (Å²) >= 11 is 0. The molecule has 18 heavy (non-hydrogen) atoms. The minimum absolute atomic E-state index is 0.000349. The molecule has 2 heterocycles. The maximum Gasteiger partial charge on any atom is 0.233 e. The zero-order valence-corrected chi connectivity index (χ0v) is 11.0. The number of amides is 2. The van der Waals surface area contributed by atoms with E-state index in [0.717, 1.165) is 45.2 Å². The van der Waals surface area contributed by atoms with Gasteiger partial charge in [-0.15, -0.1) is 0 Å². The van der Waals surface area contributed by atoms with E-state index in [-0.39, 0.29) is 29.7 Å². The number of nitrogens with one attached hydrogen (secondary N) is 1. The van der Waals surface area contributed by atoms with Crippen molar-refractivity contribution in [2.75, 3.05) is 13.1 Å². The maximum absolute atomic E-state index is 12.5. The van der Waals surface area contributed by atoms with Crippen molar-refractivity contribution in [1.82, 2.24) is 10.2 Å². The number of hydrogen-bond donors (Lipinski definition) is 1. The van der Waals surface area contributed by atoms with Gasteiger partial charge in [0.2, 0.25) is 11.8 Å². The summed E-state index contributed by atoms with van der Waals surface area (Å²) in [5, 5.41) is 3.32. The van der Waals surface area contributed by atoms with E-state index in [2.05, 4.69) is 12.2 Å². The zero-order chi connectivity index (χ0) is 12.7. The molecular weight excluding hydrogens is 228 g/mol. The highest BCUT2D eigenvalue weighted by Crippen LogP contribution is 2.40. The second-order valence-corrected chi connectivity index (χ2v) is 6.08. The number of nitrogens with zero attached hydrogens (tertiary/aromatic N) is 1. The van der Waals surface area contributed by atoms with Gasteiger partial charge in [0.05, 0.1) is 17.9 Å². The summed E-state index contributed by atoms with van der Waals surface area (Å²) in [6, 6.07) is 0.0874. The molecule has 3 aliphatic rings. The van der Waals surface area contributed by atoms with Crippen LogP contribution in [0.5, 0.6) is 0 Å². The van der Waals surface area contributed by atoms with Crippen LogP contribution in [-0.2, 0) is 9.59 Å². The predicted octanol–water partition coefficient (Wildman–Crippen LogP) is 1.16. The molecule has 0 aromatic rings. The molecule has 2 amide bonds. The third-order valence-electron chi connectivity index (χ3n) is 4.99. The van der Waals surface area contributed by atoms with E-state index in [9.17, 15) is 9.59 Å². The number of rotatable bonds is 1. The third kappa shape index (κ3) is 1.78. The van der Waals surface area contributed by atoms with Gasteiger partial charge in [-0.1, -0.05) is 19.8 Å². The fourth-order valence-corrected chi connectivity index (χ4v) is 3.83. The molecule has 4 atom stereocenters. The second-order valence-electron chi connectivity index (χ2n) is 6.08. The molecule has 0 bridgehead atoms. The molecule has 100 valence electrons. The lowest BCUT2D eigenvalue weighted by atomic mass is 9.81. The average molecular weight is 250 g/mol. The van der Waals surface area contributed by atoms with Gasteiger partial charge in [-0.25, -0.2) is 0 Å². The Morgan fingerprint density at radius 3 is 2.22 bits per heavy atom. The van der Waals surface area contributed by atoms with Crippen LogP contribution in [0.1, 0.15) is 39.0 Å². The van der Waals surface area contributed by atoms with Gasteiger partial charge in [0.15, 0.2) is 0 Å². The Hall–Kier alpha value is -0.900. The number of likely N-dealkylation sites (tertiary alicyclic amines) is 1. The van der Waals surface area contributed by atoms with Crippen molar-refractivity contribution in [3.05, 3.63) is 0 Å². The first-order valence-corrected chi connectivity index (χ1v) is 7.28. The molecule has 3 fully saturated rings. The molecule has 2 saturated heterocycles. The third-order valence-corrected chi connectivity index (χ3v) is 4.99. The first-order chi connectivity index (χ1) is 8.70. The van der Waals surface area contributed by atoms with Crippen molar-refractivity contribution in [3.63, 3.8) is 0 Å². The van der Waals surface area contributed by atoms with Crippen LogP contribution in [0, 0.1) is 17.8 Å². The largest absolute Gasteiger partial charge is 0.315 e. The van der Waals surface area contributed by atoms with Crippen LogP contribution in [0.2, 0.25) is 0 Å². The fraction of sp³-hybridized carbons (Fsp3) is 0.857. The lowest BCUT2D eigenvalue weighted by molar-refractivity contribution is -0.144. The number of imide groups is 1. The van der Waals surface area contributed by atoms with E-state index in [0.29, 0.717) is 5.92 Å². The van der Waals surface area contributed by atoms with Crippen molar-refractivity contribution in [1.29, 1.82) is 0 Å². The molecule has 0 aromatic heterocycles. The van der Waals surface area contributed by atoms with Gasteiger partial charge >= 0.3 is 0 Å². The van der Waals surface area contributed by atoms with Gasteiger partial charge in [-0.2, -0.15) is 0 Å². The lowest BCUT2D eigenvalue weighted by Crippen LogP contribution is -2.53. The van der Waals surface area contributed by atoms with E-state index in [1.165, 1.54) is 0 Å². The topological polar surface area (TPSA) is 49.4 Å². The summed E-state index contributed by atoms with van der Waals surface area (Å²) < 4.78 is 0. The predicted molar refractivity (Wildman–Crippen MR) is 67.7 cm³/mol. The summed E-state index contributed by atoms with van der Waals surface area (Å²) in [4.78, 5) is 26.6. The normalized spacial score (nSPS) is 41.1. The Balaban J connectivity index is 1.83. The molecule has 1 N–H and O–H groups in total. The van der Waals surface area contributed by atoms with Gasteiger partial charge in [-0.3, -0.25) is 14.5 Å². The Kier molecular flexibility index (Phi) is 3.14. The number of carbonyl (C=O) groups excluding carboxylic acids is 2. The van der Waals surface area contributed by atoms with Gasteiger partial charge in [-0.05, 0) is 31.7 Å². The smallest absolute Gasteiger partial charge is 0.233 e. The molecular formula is C14H22N2O2. The van der Waals surface area contributed by atoms with Crippen molar-refractivity contribution < 1.29 is 9.59 Å². The highest BCUT2D eigenvalue weighted by Gasteiger charge is 2.51. The minimum atomic E-state index is 0.000349. The minimum Gasteiger partial charge on any atom is -0.315 e. The van der Waals surface area contributed by atoms with Crippen molar-refractivity contribution >= 4 is 11.8 Å².